The van der Waals surface area contributed by atoms with Gasteiger partial charge in [0.05, 0.1) is 5.92 Å². The molecule has 17 heavy (non-hydrogen) atoms. The predicted molar refractivity (Wildman–Crippen MR) is 58.1 cm³/mol. The summed E-state index contributed by atoms with van der Waals surface area (Å²) in [6.07, 6.45) is 2.99. The molecule has 2 amide bonds. The summed E-state index contributed by atoms with van der Waals surface area (Å²) in [4.78, 5) is 33.7. The topological polar surface area (TPSA) is 95.5 Å². The Labute approximate surface area is 98.8 Å². The monoisotopic (exact) mass is 240 g/mol. The number of rotatable bonds is 3. The van der Waals surface area contributed by atoms with Gasteiger partial charge in [0.1, 0.15) is 6.04 Å². The minimum Gasteiger partial charge on any atom is -0.481 e. The average molecular weight is 240 g/mol. The summed E-state index contributed by atoms with van der Waals surface area (Å²) in [5, 5.41) is 14.3. The maximum absolute atomic E-state index is 11.8. The lowest BCUT2D eigenvalue weighted by Gasteiger charge is -2.19. The fourth-order valence-corrected chi connectivity index (χ4v) is 2.52. The molecule has 3 atom stereocenters. The average Bonchev–Trinajstić information content (AvgIpc) is 2.86. The van der Waals surface area contributed by atoms with Gasteiger partial charge in [0, 0.05) is 12.5 Å². The highest BCUT2D eigenvalue weighted by molar-refractivity contribution is 5.91. The van der Waals surface area contributed by atoms with E-state index >= 15 is 0 Å². The van der Waals surface area contributed by atoms with Crippen LogP contribution >= 0.6 is 0 Å². The minimum absolute atomic E-state index is 0.119. The van der Waals surface area contributed by atoms with Gasteiger partial charge in [-0.2, -0.15) is 0 Å². The Morgan fingerprint density at radius 1 is 1.29 bits per heavy atom. The van der Waals surface area contributed by atoms with Crippen LogP contribution < -0.4 is 10.6 Å². The number of hydrogen-bond donors (Lipinski definition) is 3. The van der Waals surface area contributed by atoms with E-state index in [1.165, 1.54) is 0 Å². The molecule has 2 aliphatic rings. The van der Waals surface area contributed by atoms with Crippen molar-refractivity contribution in [1.29, 1.82) is 0 Å². The molecule has 0 aromatic heterocycles. The maximum Gasteiger partial charge on any atom is 0.308 e. The third-order valence-electron chi connectivity index (χ3n) is 3.47. The first kappa shape index (κ1) is 11.9. The van der Waals surface area contributed by atoms with E-state index in [2.05, 4.69) is 10.6 Å². The van der Waals surface area contributed by atoms with Gasteiger partial charge < -0.3 is 15.7 Å². The van der Waals surface area contributed by atoms with Gasteiger partial charge in [-0.3, -0.25) is 14.4 Å². The van der Waals surface area contributed by atoms with E-state index in [0.29, 0.717) is 25.7 Å². The Hall–Kier alpha value is -1.59. The lowest BCUT2D eigenvalue weighted by molar-refractivity contribution is -0.142. The maximum atomic E-state index is 11.8. The van der Waals surface area contributed by atoms with Gasteiger partial charge in [0.2, 0.25) is 11.8 Å². The SMILES string of the molecule is O=C1CC[C@H](C(=O)NC2CCCC2C(=O)O)N1. The molecule has 0 spiro atoms. The largest absolute Gasteiger partial charge is 0.481 e. The third-order valence-corrected chi connectivity index (χ3v) is 3.47. The van der Waals surface area contributed by atoms with Gasteiger partial charge in [0.15, 0.2) is 0 Å². The summed E-state index contributed by atoms with van der Waals surface area (Å²) >= 11 is 0. The second-order valence-electron chi connectivity index (χ2n) is 4.65. The standard InChI is InChI=1S/C11H16N2O4/c14-9-5-4-8(12-9)10(15)13-7-3-1-2-6(7)11(16)17/h6-8H,1-5H2,(H,12,14)(H,13,15)(H,16,17)/t6?,7?,8-/m1/s1. The quantitative estimate of drug-likeness (QED) is 0.627. The van der Waals surface area contributed by atoms with Crippen LogP contribution in [0.15, 0.2) is 0 Å². The van der Waals surface area contributed by atoms with Gasteiger partial charge in [-0.15, -0.1) is 0 Å². The summed E-state index contributed by atoms with van der Waals surface area (Å²) in [7, 11) is 0. The van der Waals surface area contributed by atoms with Gasteiger partial charge in [0.25, 0.3) is 0 Å². The van der Waals surface area contributed by atoms with E-state index < -0.39 is 17.9 Å². The number of carbonyl (C=O) groups excluding carboxylic acids is 2. The van der Waals surface area contributed by atoms with Crippen LogP contribution in [0.25, 0.3) is 0 Å². The zero-order valence-corrected chi connectivity index (χ0v) is 9.44. The molecule has 1 aliphatic heterocycles. The number of carboxylic acid groups (broad SMARTS) is 1. The Balaban J connectivity index is 1.90. The predicted octanol–water partition coefficient (Wildman–Crippen LogP) is -0.365. The molecule has 1 saturated heterocycles. The Morgan fingerprint density at radius 2 is 2.06 bits per heavy atom. The molecule has 1 aliphatic carbocycles. The van der Waals surface area contributed by atoms with Crippen molar-refractivity contribution in [2.24, 2.45) is 5.92 Å². The molecule has 94 valence electrons. The molecule has 0 radical (unpaired) electrons. The number of aliphatic carboxylic acids is 1. The lowest BCUT2D eigenvalue weighted by atomic mass is 10.0. The van der Waals surface area contributed by atoms with Gasteiger partial charge in [-0.1, -0.05) is 6.42 Å². The summed E-state index contributed by atoms with van der Waals surface area (Å²) < 4.78 is 0. The Kier molecular flexibility index (Phi) is 3.31. The molecule has 1 heterocycles. The van der Waals surface area contributed by atoms with Crippen LogP contribution in [0.1, 0.15) is 32.1 Å². The lowest BCUT2D eigenvalue weighted by Crippen LogP contribution is -2.48. The van der Waals surface area contributed by atoms with Crippen molar-refractivity contribution in [1.82, 2.24) is 10.6 Å². The normalized spacial score (nSPS) is 32.2. The minimum atomic E-state index is -0.858. The van der Waals surface area contributed by atoms with Gasteiger partial charge >= 0.3 is 5.97 Å². The number of carboxylic acids is 1. The molecule has 2 rings (SSSR count). The van der Waals surface area contributed by atoms with Crippen molar-refractivity contribution in [2.45, 2.75) is 44.2 Å². The van der Waals surface area contributed by atoms with Crippen molar-refractivity contribution in [3.8, 4) is 0 Å². The molecular weight excluding hydrogens is 224 g/mol. The first-order valence-corrected chi connectivity index (χ1v) is 5.90. The van der Waals surface area contributed by atoms with E-state index in [-0.39, 0.29) is 17.9 Å². The first-order chi connectivity index (χ1) is 8.08. The van der Waals surface area contributed by atoms with Crippen LogP contribution in [-0.2, 0) is 14.4 Å². The van der Waals surface area contributed by atoms with E-state index in [9.17, 15) is 14.4 Å². The number of amides is 2. The molecular formula is C11H16N2O4. The van der Waals surface area contributed by atoms with E-state index in [0.717, 1.165) is 6.42 Å². The highest BCUT2D eigenvalue weighted by Crippen LogP contribution is 2.26. The van der Waals surface area contributed by atoms with Crippen molar-refractivity contribution in [3.05, 3.63) is 0 Å². The highest BCUT2D eigenvalue weighted by Gasteiger charge is 2.36. The Morgan fingerprint density at radius 3 is 2.65 bits per heavy atom. The van der Waals surface area contributed by atoms with Crippen LogP contribution in [0.3, 0.4) is 0 Å². The molecule has 6 heteroatoms. The molecule has 0 bridgehead atoms. The molecule has 2 unspecified atom stereocenters. The second-order valence-corrected chi connectivity index (χ2v) is 4.65. The smallest absolute Gasteiger partial charge is 0.308 e. The van der Waals surface area contributed by atoms with E-state index in [4.69, 9.17) is 5.11 Å². The Bertz CT molecular complexity index is 355. The van der Waals surface area contributed by atoms with Crippen LogP contribution in [0, 0.1) is 5.92 Å². The third kappa shape index (κ3) is 2.57. The summed E-state index contributed by atoms with van der Waals surface area (Å²) in [5.74, 6) is -1.72. The van der Waals surface area contributed by atoms with E-state index in [1.807, 2.05) is 0 Å². The van der Waals surface area contributed by atoms with Crippen LogP contribution in [0.4, 0.5) is 0 Å². The number of hydrogen-bond acceptors (Lipinski definition) is 3. The zero-order chi connectivity index (χ0) is 12.4. The molecule has 0 aromatic carbocycles. The zero-order valence-electron chi connectivity index (χ0n) is 9.44. The van der Waals surface area contributed by atoms with Crippen LogP contribution in [-0.4, -0.2) is 35.0 Å². The molecule has 0 aromatic rings. The van der Waals surface area contributed by atoms with Crippen molar-refractivity contribution < 1.29 is 19.5 Å². The molecule has 2 fully saturated rings. The van der Waals surface area contributed by atoms with E-state index in [1.54, 1.807) is 0 Å². The number of carbonyl (C=O) groups is 3. The van der Waals surface area contributed by atoms with Crippen LogP contribution in [0.5, 0.6) is 0 Å². The molecule has 1 saturated carbocycles. The fraction of sp³-hybridized carbons (Fsp3) is 0.727. The number of nitrogens with one attached hydrogen (secondary N) is 2. The second kappa shape index (κ2) is 4.73. The van der Waals surface area contributed by atoms with Crippen LogP contribution in [0.2, 0.25) is 0 Å². The van der Waals surface area contributed by atoms with Gasteiger partial charge in [-0.25, -0.2) is 0 Å². The van der Waals surface area contributed by atoms with Crippen molar-refractivity contribution in [2.75, 3.05) is 0 Å². The van der Waals surface area contributed by atoms with Gasteiger partial charge in [-0.05, 0) is 19.3 Å². The summed E-state index contributed by atoms with van der Waals surface area (Å²) in [5.41, 5.74) is 0. The highest BCUT2D eigenvalue weighted by atomic mass is 16.4. The molecule has 3 N–H and O–H groups in total. The first-order valence-electron chi connectivity index (χ1n) is 5.90. The fourth-order valence-electron chi connectivity index (χ4n) is 2.52. The summed E-state index contributed by atoms with van der Waals surface area (Å²) in [6, 6.07) is -0.782. The summed E-state index contributed by atoms with van der Waals surface area (Å²) in [6.45, 7) is 0. The van der Waals surface area contributed by atoms with Crippen molar-refractivity contribution >= 4 is 17.8 Å². The molecule has 6 nitrogen and oxygen atoms in total. The van der Waals surface area contributed by atoms with Crippen molar-refractivity contribution in [3.63, 3.8) is 0 Å².